The normalized spacial score (nSPS) is 12.5. The van der Waals surface area contributed by atoms with E-state index in [4.69, 9.17) is 10.8 Å². The summed E-state index contributed by atoms with van der Waals surface area (Å²) in [6, 6.07) is 1.91. The highest BCUT2D eigenvalue weighted by Gasteiger charge is 2.15. The first-order valence-corrected chi connectivity index (χ1v) is 5.14. The summed E-state index contributed by atoms with van der Waals surface area (Å²) in [5, 5.41) is 8.59. The van der Waals surface area contributed by atoms with Gasteiger partial charge in [-0.15, -0.1) is 0 Å². The van der Waals surface area contributed by atoms with Gasteiger partial charge in [-0.25, -0.2) is 4.39 Å². The van der Waals surface area contributed by atoms with Crippen molar-refractivity contribution in [3.63, 3.8) is 0 Å². The number of benzene rings is 1. The molecule has 0 fully saturated rings. The third kappa shape index (κ3) is 3.00. The van der Waals surface area contributed by atoms with E-state index in [0.29, 0.717) is 10.0 Å². The summed E-state index contributed by atoms with van der Waals surface area (Å²) in [6.07, 6.45) is -0.212. The van der Waals surface area contributed by atoms with E-state index in [0.717, 1.165) is 5.56 Å². The lowest BCUT2D eigenvalue weighted by Gasteiger charge is -2.14. The van der Waals surface area contributed by atoms with Crippen LogP contribution in [0.25, 0.3) is 0 Å². The SMILES string of the molecule is Cc1c(Br)cc(F)cc1C(N)CC(=O)O. The van der Waals surface area contributed by atoms with Crippen molar-refractivity contribution in [3.8, 4) is 0 Å². The lowest BCUT2D eigenvalue weighted by atomic mass is 9.99. The molecule has 1 atom stereocenters. The molecule has 3 nitrogen and oxygen atoms in total. The maximum atomic E-state index is 13.1. The lowest BCUT2D eigenvalue weighted by Crippen LogP contribution is -2.16. The van der Waals surface area contributed by atoms with Crippen LogP contribution in [0.3, 0.4) is 0 Å². The Balaban J connectivity index is 3.07. The molecule has 0 radical (unpaired) electrons. The van der Waals surface area contributed by atoms with Gasteiger partial charge < -0.3 is 10.8 Å². The molecule has 0 amide bonds. The summed E-state index contributed by atoms with van der Waals surface area (Å²) in [7, 11) is 0. The molecular weight excluding hydrogens is 265 g/mol. The molecule has 5 heteroatoms. The van der Waals surface area contributed by atoms with Gasteiger partial charge in [0.2, 0.25) is 0 Å². The number of nitrogens with two attached hydrogens (primary N) is 1. The van der Waals surface area contributed by atoms with Crippen molar-refractivity contribution in [2.75, 3.05) is 0 Å². The minimum absolute atomic E-state index is 0.212. The Kier molecular flexibility index (Phi) is 3.82. The lowest BCUT2D eigenvalue weighted by molar-refractivity contribution is -0.137. The van der Waals surface area contributed by atoms with Gasteiger partial charge in [-0.3, -0.25) is 4.79 Å². The molecule has 0 aliphatic rings. The smallest absolute Gasteiger partial charge is 0.305 e. The minimum atomic E-state index is -0.998. The average Bonchev–Trinajstić information content (AvgIpc) is 2.09. The van der Waals surface area contributed by atoms with E-state index < -0.39 is 17.8 Å². The van der Waals surface area contributed by atoms with Gasteiger partial charge in [0, 0.05) is 10.5 Å². The number of carboxylic acid groups (broad SMARTS) is 1. The van der Waals surface area contributed by atoms with E-state index in [-0.39, 0.29) is 6.42 Å². The standard InChI is InChI=1S/C10H11BrFNO2/c1-5-7(9(13)4-10(14)15)2-6(12)3-8(5)11/h2-3,9H,4,13H2,1H3,(H,14,15). The van der Waals surface area contributed by atoms with Gasteiger partial charge in [0.05, 0.1) is 6.42 Å². The Morgan fingerprint density at radius 1 is 1.67 bits per heavy atom. The van der Waals surface area contributed by atoms with E-state index in [1.165, 1.54) is 12.1 Å². The van der Waals surface area contributed by atoms with Gasteiger partial charge in [-0.05, 0) is 30.2 Å². The first-order chi connectivity index (χ1) is 6.91. The zero-order chi connectivity index (χ0) is 11.6. The van der Waals surface area contributed by atoms with E-state index in [1.807, 2.05) is 0 Å². The monoisotopic (exact) mass is 275 g/mol. The molecule has 0 aliphatic carbocycles. The second-order valence-corrected chi connectivity index (χ2v) is 4.16. The molecule has 0 aromatic heterocycles. The van der Waals surface area contributed by atoms with Crippen molar-refractivity contribution < 1.29 is 14.3 Å². The Morgan fingerprint density at radius 3 is 2.80 bits per heavy atom. The molecule has 0 saturated carbocycles. The van der Waals surface area contributed by atoms with Gasteiger partial charge in [0.25, 0.3) is 0 Å². The van der Waals surface area contributed by atoms with Crippen molar-refractivity contribution in [1.82, 2.24) is 0 Å². The van der Waals surface area contributed by atoms with Gasteiger partial charge in [-0.2, -0.15) is 0 Å². The minimum Gasteiger partial charge on any atom is -0.481 e. The van der Waals surface area contributed by atoms with Crippen LogP contribution in [0, 0.1) is 12.7 Å². The third-order valence-corrected chi connectivity index (χ3v) is 2.97. The molecule has 1 aromatic rings. The maximum Gasteiger partial charge on any atom is 0.305 e. The van der Waals surface area contributed by atoms with Gasteiger partial charge in [-0.1, -0.05) is 15.9 Å². The van der Waals surface area contributed by atoms with E-state index >= 15 is 0 Å². The molecule has 1 rings (SSSR count). The fourth-order valence-corrected chi connectivity index (χ4v) is 1.80. The second kappa shape index (κ2) is 4.72. The number of rotatable bonds is 3. The summed E-state index contributed by atoms with van der Waals surface area (Å²) >= 11 is 3.19. The van der Waals surface area contributed by atoms with Gasteiger partial charge >= 0.3 is 5.97 Å². The third-order valence-electron chi connectivity index (χ3n) is 2.14. The Hall–Kier alpha value is -0.940. The van der Waals surface area contributed by atoms with Crippen molar-refractivity contribution in [3.05, 3.63) is 33.5 Å². The van der Waals surface area contributed by atoms with Crippen LogP contribution in [0.2, 0.25) is 0 Å². The van der Waals surface area contributed by atoms with Gasteiger partial charge in [0.15, 0.2) is 0 Å². The molecule has 1 unspecified atom stereocenters. The number of hydrogen-bond acceptors (Lipinski definition) is 2. The Labute approximate surface area is 95.2 Å². The average molecular weight is 276 g/mol. The zero-order valence-electron chi connectivity index (χ0n) is 8.13. The van der Waals surface area contributed by atoms with Crippen LogP contribution in [0.1, 0.15) is 23.6 Å². The largest absolute Gasteiger partial charge is 0.481 e. The highest BCUT2D eigenvalue weighted by atomic mass is 79.9. The van der Waals surface area contributed by atoms with Crippen LogP contribution in [-0.4, -0.2) is 11.1 Å². The maximum absolute atomic E-state index is 13.1. The molecule has 0 bridgehead atoms. The van der Waals surface area contributed by atoms with E-state index in [9.17, 15) is 9.18 Å². The molecule has 0 saturated heterocycles. The highest BCUT2D eigenvalue weighted by Crippen LogP contribution is 2.26. The Bertz CT molecular complexity index is 395. The fraction of sp³-hybridized carbons (Fsp3) is 0.300. The molecule has 1 aromatic carbocycles. The van der Waals surface area contributed by atoms with Crippen molar-refractivity contribution in [1.29, 1.82) is 0 Å². The van der Waals surface area contributed by atoms with Crippen LogP contribution in [-0.2, 0) is 4.79 Å². The first-order valence-electron chi connectivity index (χ1n) is 4.34. The second-order valence-electron chi connectivity index (χ2n) is 3.31. The number of carboxylic acids is 1. The topological polar surface area (TPSA) is 63.3 Å². The van der Waals surface area contributed by atoms with Crippen molar-refractivity contribution >= 4 is 21.9 Å². The number of hydrogen-bond donors (Lipinski definition) is 2. The first kappa shape index (κ1) is 12.1. The molecule has 3 N–H and O–H groups in total. The molecule has 0 aliphatic heterocycles. The summed E-state index contributed by atoms with van der Waals surface area (Å²) in [4.78, 5) is 10.5. The van der Waals surface area contributed by atoms with E-state index in [1.54, 1.807) is 6.92 Å². The molecule has 82 valence electrons. The van der Waals surface area contributed by atoms with Crippen LogP contribution in [0.15, 0.2) is 16.6 Å². The van der Waals surface area contributed by atoms with Crippen molar-refractivity contribution in [2.24, 2.45) is 5.73 Å². The van der Waals surface area contributed by atoms with E-state index in [2.05, 4.69) is 15.9 Å². The van der Waals surface area contributed by atoms with Crippen LogP contribution in [0.4, 0.5) is 4.39 Å². The molecule has 15 heavy (non-hydrogen) atoms. The molecule has 0 heterocycles. The highest BCUT2D eigenvalue weighted by molar-refractivity contribution is 9.10. The predicted molar refractivity (Wildman–Crippen MR) is 58.0 cm³/mol. The van der Waals surface area contributed by atoms with Crippen molar-refractivity contribution in [2.45, 2.75) is 19.4 Å². The Morgan fingerprint density at radius 2 is 2.27 bits per heavy atom. The van der Waals surface area contributed by atoms with Crippen LogP contribution < -0.4 is 5.73 Å². The molecule has 0 spiro atoms. The summed E-state index contributed by atoms with van der Waals surface area (Å²) in [5.41, 5.74) is 6.95. The number of carbonyl (C=O) groups is 1. The number of aliphatic carboxylic acids is 1. The zero-order valence-corrected chi connectivity index (χ0v) is 9.71. The quantitative estimate of drug-likeness (QED) is 0.890. The fourth-order valence-electron chi connectivity index (χ4n) is 1.35. The van der Waals surface area contributed by atoms with Crippen LogP contribution >= 0.6 is 15.9 Å². The predicted octanol–water partition coefficient (Wildman–Crippen LogP) is 2.37. The van der Waals surface area contributed by atoms with Gasteiger partial charge in [0.1, 0.15) is 5.82 Å². The summed E-state index contributed by atoms with van der Waals surface area (Å²) in [6.45, 7) is 1.76. The number of halogens is 2. The van der Waals surface area contributed by atoms with Crippen LogP contribution in [0.5, 0.6) is 0 Å². The summed E-state index contributed by atoms with van der Waals surface area (Å²) in [5.74, 6) is -1.43. The molecular formula is C10H11BrFNO2. The summed E-state index contributed by atoms with van der Waals surface area (Å²) < 4.78 is 13.7.